The lowest BCUT2D eigenvalue weighted by Gasteiger charge is -2.43. The molecule has 0 saturated carbocycles. The number of nitrogens with one attached hydrogen (secondary N) is 1. The summed E-state index contributed by atoms with van der Waals surface area (Å²) in [7, 11) is -5.91. The Labute approximate surface area is 264 Å². The van der Waals surface area contributed by atoms with Crippen LogP contribution in [0.2, 0.25) is 5.04 Å². The Kier molecular flexibility index (Phi) is 9.98. The van der Waals surface area contributed by atoms with Crippen LogP contribution in [0, 0.1) is 0 Å². The molecule has 5 aromatic carbocycles. The van der Waals surface area contributed by atoms with Crippen LogP contribution in [0.1, 0.15) is 39.3 Å². The lowest BCUT2D eigenvalue weighted by atomic mass is 10.1. The quantitative estimate of drug-likeness (QED) is 0.0938. The molecule has 3 nitrogen and oxygen atoms in total. The summed E-state index contributed by atoms with van der Waals surface area (Å²) in [5.41, 5.74) is 2.12. The van der Waals surface area contributed by atoms with E-state index in [-0.39, 0.29) is 11.1 Å². The van der Waals surface area contributed by atoms with Crippen molar-refractivity contribution >= 4 is 36.6 Å². The molecule has 0 radical (unpaired) electrons. The molecule has 0 aliphatic carbocycles. The van der Waals surface area contributed by atoms with Crippen LogP contribution in [0.3, 0.4) is 0 Å². The molecule has 0 heterocycles. The van der Waals surface area contributed by atoms with Gasteiger partial charge in [-0.15, -0.1) is 0 Å². The van der Waals surface area contributed by atoms with Gasteiger partial charge in [0, 0.05) is 10.6 Å². The molecule has 0 bridgehead atoms. The van der Waals surface area contributed by atoms with E-state index in [9.17, 15) is 0 Å². The zero-order valence-electron chi connectivity index (χ0n) is 26.1. The first-order chi connectivity index (χ1) is 21.2. The van der Waals surface area contributed by atoms with Gasteiger partial charge >= 0.3 is 0 Å². The maximum absolute atomic E-state index is 15.0. The summed E-state index contributed by atoms with van der Waals surface area (Å²) in [6.45, 7) is 9.46. The topological polar surface area (TPSA) is 38.3 Å². The standard InChI is InChI=1S/C39H42NO2PSi/c1-32(31-42-44(39(2,3)4,36-26-16-8-17-27-36)37-28-18-9-19-29-37)30-38(33-20-10-5-11-21-33)40-43(41,34-22-12-6-13-23-34)35-24-14-7-15-25-35/h5-30,38H,31H2,1-4H3,(H,40,41)/b32-30+/t38-/m1/s1. The van der Waals surface area contributed by atoms with Crippen molar-refractivity contribution in [1.29, 1.82) is 0 Å². The van der Waals surface area contributed by atoms with Crippen LogP contribution in [0.4, 0.5) is 0 Å². The molecule has 5 aromatic rings. The highest BCUT2D eigenvalue weighted by Gasteiger charge is 2.50. The molecular weight excluding hydrogens is 573 g/mol. The maximum atomic E-state index is 15.0. The van der Waals surface area contributed by atoms with Crippen LogP contribution < -0.4 is 26.1 Å². The third-order valence-electron chi connectivity index (χ3n) is 8.10. The molecule has 1 N–H and O–H groups in total. The Morgan fingerprint density at radius 3 is 1.48 bits per heavy atom. The summed E-state index contributed by atoms with van der Waals surface area (Å²) in [5, 5.41) is 7.58. The molecule has 5 heteroatoms. The highest BCUT2D eigenvalue weighted by atomic mass is 31.2. The summed E-state index contributed by atoms with van der Waals surface area (Å²) < 4.78 is 22.3. The molecule has 0 saturated heterocycles. The Bertz CT molecular complexity index is 1600. The first-order valence-electron chi connectivity index (χ1n) is 15.2. The normalized spacial score (nSPS) is 13.4. The van der Waals surface area contributed by atoms with Crippen LogP contribution >= 0.6 is 7.29 Å². The van der Waals surface area contributed by atoms with E-state index in [0.717, 1.165) is 21.7 Å². The van der Waals surface area contributed by atoms with Gasteiger partial charge in [0.25, 0.3) is 8.32 Å². The summed E-state index contributed by atoms with van der Waals surface area (Å²) in [6, 6.07) is 50.9. The average Bonchev–Trinajstić information content (AvgIpc) is 3.06. The van der Waals surface area contributed by atoms with E-state index in [4.69, 9.17) is 4.43 Å². The van der Waals surface area contributed by atoms with Crippen molar-refractivity contribution in [2.24, 2.45) is 0 Å². The Morgan fingerprint density at radius 1 is 0.682 bits per heavy atom. The fourth-order valence-corrected chi connectivity index (χ4v) is 12.9. The fraction of sp³-hybridized carbons (Fsp3) is 0.179. The van der Waals surface area contributed by atoms with Gasteiger partial charge in [-0.1, -0.05) is 160 Å². The van der Waals surface area contributed by atoms with Gasteiger partial charge in [0.2, 0.25) is 7.29 Å². The largest absolute Gasteiger partial charge is 0.403 e. The minimum Gasteiger partial charge on any atom is -0.403 e. The monoisotopic (exact) mass is 615 g/mol. The van der Waals surface area contributed by atoms with Crippen molar-refractivity contribution < 1.29 is 8.99 Å². The van der Waals surface area contributed by atoms with Crippen LogP contribution in [-0.2, 0) is 8.99 Å². The maximum Gasteiger partial charge on any atom is 0.261 e. The first-order valence-corrected chi connectivity index (χ1v) is 18.8. The minimum atomic E-state index is -3.20. The molecule has 1 atom stereocenters. The van der Waals surface area contributed by atoms with Crippen molar-refractivity contribution in [1.82, 2.24) is 5.09 Å². The fourth-order valence-electron chi connectivity index (χ4n) is 5.95. The van der Waals surface area contributed by atoms with Crippen LogP contribution in [-0.4, -0.2) is 14.9 Å². The van der Waals surface area contributed by atoms with E-state index in [1.165, 1.54) is 10.4 Å². The highest BCUT2D eigenvalue weighted by molar-refractivity contribution is 7.76. The van der Waals surface area contributed by atoms with E-state index in [2.05, 4.69) is 112 Å². The molecule has 0 aliphatic heterocycles. The van der Waals surface area contributed by atoms with Gasteiger partial charge in [0.15, 0.2) is 0 Å². The van der Waals surface area contributed by atoms with Gasteiger partial charge in [-0.05, 0) is 52.2 Å². The average molecular weight is 616 g/mol. The number of hydrogen-bond acceptors (Lipinski definition) is 2. The summed E-state index contributed by atoms with van der Waals surface area (Å²) in [6.07, 6.45) is 2.19. The second-order valence-electron chi connectivity index (χ2n) is 12.3. The van der Waals surface area contributed by atoms with Crippen molar-refractivity contribution in [3.8, 4) is 0 Å². The van der Waals surface area contributed by atoms with Crippen molar-refractivity contribution in [2.75, 3.05) is 6.61 Å². The highest BCUT2D eigenvalue weighted by Crippen LogP contribution is 2.42. The number of benzene rings is 5. The van der Waals surface area contributed by atoms with E-state index in [1.54, 1.807) is 0 Å². The smallest absolute Gasteiger partial charge is 0.261 e. The summed E-state index contributed by atoms with van der Waals surface area (Å²) in [5.74, 6) is 0. The summed E-state index contributed by atoms with van der Waals surface area (Å²) >= 11 is 0. The lowest BCUT2D eigenvalue weighted by molar-refractivity contribution is 0.329. The molecular formula is C39H42NO2PSi. The Hall–Kier alpha value is -3.79. The second kappa shape index (κ2) is 13.9. The third-order valence-corrected chi connectivity index (χ3v) is 15.8. The van der Waals surface area contributed by atoms with Crippen molar-refractivity contribution in [3.63, 3.8) is 0 Å². The molecule has 0 fully saturated rings. The van der Waals surface area contributed by atoms with Crippen LogP contribution in [0.5, 0.6) is 0 Å². The first kappa shape index (κ1) is 31.6. The second-order valence-corrected chi connectivity index (χ2v) is 19.1. The molecule has 0 amide bonds. The third kappa shape index (κ3) is 6.80. The molecule has 0 unspecified atom stereocenters. The van der Waals surface area contributed by atoms with E-state index < -0.39 is 15.6 Å². The number of hydrogen-bond donors (Lipinski definition) is 1. The zero-order chi connectivity index (χ0) is 31.0. The predicted octanol–water partition coefficient (Wildman–Crippen LogP) is 7.77. The van der Waals surface area contributed by atoms with Gasteiger partial charge in [0.05, 0.1) is 12.6 Å². The number of rotatable bonds is 11. The zero-order valence-corrected chi connectivity index (χ0v) is 28.0. The molecule has 0 aromatic heterocycles. The lowest BCUT2D eigenvalue weighted by Crippen LogP contribution is -2.66. The molecule has 44 heavy (non-hydrogen) atoms. The van der Waals surface area contributed by atoms with E-state index >= 15 is 4.57 Å². The van der Waals surface area contributed by atoms with E-state index in [0.29, 0.717) is 6.61 Å². The predicted molar refractivity (Wildman–Crippen MR) is 189 cm³/mol. The SMILES string of the molecule is C/C(=C\[C@@H](NP(=O)(c1ccccc1)c1ccccc1)c1ccccc1)CO[Si](c1ccccc1)(c1ccccc1)C(C)(C)C. The molecule has 0 spiro atoms. The van der Waals surface area contributed by atoms with Gasteiger partial charge in [-0.25, -0.2) is 5.09 Å². The van der Waals surface area contributed by atoms with Crippen molar-refractivity contribution in [2.45, 2.75) is 38.8 Å². The Balaban J connectivity index is 1.55. The van der Waals surface area contributed by atoms with Gasteiger partial charge in [0.1, 0.15) is 0 Å². The van der Waals surface area contributed by atoms with Crippen molar-refractivity contribution in [3.05, 3.63) is 169 Å². The van der Waals surface area contributed by atoms with Crippen LogP contribution in [0.25, 0.3) is 0 Å². The summed E-state index contributed by atoms with van der Waals surface area (Å²) in [4.78, 5) is 0. The molecule has 224 valence electrons. The van der Waals surface area contributed by atoms with Gasteiger partial charge in [-0.3, -0.25) is 4.57 Å². The van der Waals surface area contributed by atoms with Gasteiger partial charge < -0.3 is 4.43 Å². The molecule has 5 rings (SSSR count). The van der Waals surface area contributed by atoms with Crippen LogP contribution in [0.15, 0.2) is 163 Å². The Morgan fingerprint density at radius 2 is 1.07 bits per heavy atom. The van der Waals surface area contributed by atoms with Gasteiger partial charge in [-0.2, -0.15) is 0 Å². The van der Waals surface area contributed by atoms with E-state index in [1.807, 2.05) is 78.9 Å². The minimum absolute atomic E-state index is 0.122. The molecule has 0 aliphatic rings.